The molecule has 2 saturated heterocycles. The molecule has 7 heteroatoms. The van der Waals surface area contributed by atoms with Gasteiger partial charge in [-0.15, -0.1) is 0 Å². The van der Waals surface area contributed by atoms with Crippen molar-refractivity contribution in [3.8, 4) is 0 Å². The Labute approximate surface area is 181 Å². The van der Waals surface area contributed by atoms with E-state index >= 15 is 0 Å². The normalized spacial score (nSPS) is 24.8. The number of carboxylic acid groups (broad SMARTS) is 1. The lowest BCUT2D eigenvalue weighted by atomic mass is 9.80. The summed E-state index contributed by atoms with van der Waals surface area (Å²) in [5.74, 6) is 0.397. The lowest BCUT2D eigenvalue weighted by Gasteiger charge is -2.45. The Morgan fingerprint density at radius 1 is 1.07 bits per heavy atom. The number of hydrogen-bond acceptors (Lipinski definition) is 3. The molecule has 0 aromatic heterocycles. The van der Waals surface area contributed by atoms with Crippen LogP contribution in [0.15, 0.2) is 18.2 Å². The van der Waals surface area contributed by atoms with Crippen molar-refractivity contribution >= 4 is 16.1 Å². The minimum Gasteiger partial charge on any atom is -0.465 e. The van der Waals surface area contributed by atoms with E-state index in [2.05, 4.69) is 32.0 Å². The molecule has 1 aromatic carbocycles. The van der Waals surface area contributed by atoms with Crippen LogP contribution in [0, 0.1) is 19.3 Å². The summed E-state index contributed by atoms with van der Waals surface area (Å²) in [6.07, 6.45) is 1.45. The lowest BCUT2D eigenvalue weighted by molar-refractivity contribution is 0.0597. The maximum Gasteiger partial charge on any atom is 0.407 e. The second-order valence-electron chi connectivity index (χ2n) is 10.1. The number of rotatable bonds is 3. The molecular weight excluding hydrogens is 400 g/mol. The van der Waals surface area contributed by atoms with Gasteiger partial charge in [0.25, 0.3) is 0 Å². The SMILES string of the molecule is Cc1ccc(C2CCN(S(=O)(=O)C3CCN(C(=O)O)C(C(C)(C)C)C3)CC2)c(C)c1. The minimum absolute atomic E-state index is 0.278. The second-order valence-corrected chi connectivity index (χ2v) is 12.3. The summed E-state index contributed by atoms with van der Waals surface area (Å²) in [5.41, 5.74) is 3.56. The summed E-state index contributed by atoms with van der Waals surface area (Å²) >= 11 is 0. The lowest BCUT2D eigenvalue weighted by Crippen LogP contribution is -2.56. The van der Waals surface area contributed by atoms with Crippen LogP contribution in [0.5, 0.6) is 0 Å². The first-order valence-electron chi connectivity index (χ1n) is 11.0. The van der Waals surface area contributed by atoms with E-state index in [0.29, 0.717) is 31.8 Å². The quantitative estimate of drug-likeness (QED) is 0.763. The maximum atomic E-state index is 13.4. The molecule has 3 rings (SSSR count). The van der Waals surface area contributed by atoms with Crippen LogP contribution in [-0.2, 0) is 10.0 Å². The predicted molar refractivity (Wildman–Crippen MR) is 119 cm³/mol. The number of carbonyl (C=O) groups is 1. The number of sulfonamides is 1. The van der Waals surface area contributed by atoms with Crippen molar-refractivity contribution in [1.29, 1.82) is 0 Å². The van der Waals surface area contributed by atoms with Gasteiger partial charge in [0.2, 0.25) is 10.0 Å². The Balaban J connectivity index is 1.70. The Hall–Kier alpha value is -1.60. The van der Waals surface area contributed by atoms with Gasteiger partial charge in [0.1, 0.15) is 0 Å². The summed E-state index contributed by atoms with van der Waals surface area (Å²) in [5, 5.41) is 9.05. The molecule has 1 aromatic rings. The number of nitrogens with zero attached hydrogens (tertiary/aromatic N) is 2. The third kappa shape index (κ3) is 4.67. The highest BCUT2D eigenvalue weighted by atomic mass is 32.2. The summed E-state index contributed by atoms with van der Waals surface area (Å²) in [6, 6.07) is 6.22. The molecule has 2 heterocycles. The average molecular weight is 437 g/mol. The third-order valence-electron chi connectivity index (χ3n) is 6.90. The zero-order chi connectivity index (χ0) is 22.3. The molecule has 0 spiro atoms. The number of benzene rings is 1. The van der Waals surface area contributed by atoms with Gasteiger partial charge in [-0.1, -0.05) is 44.5 Å². The number of piperidine rings is 2. The second kappa shape index (κ2) is 8.50. The first-order valence-corrected chi connectivity index (χ1v) is 12.5. The van der Waals surface area contributed by atoms with Gasteiger partial charge in [0.05, 0.1) is 5.25 Å². The molecule has 1 N–H and O–H groups in total. The molecule has 0 bridgehead atoms. The van der Waals surface area contributed by atoms with Crippen molar-refractivity contribution in [2.75, 3.05) is 19.6 Å². The maximum absolute atomic E-state index is 13.4. The largest absolute Gasteiger partial charge is 0.465 e. The van der Waals surface area contributed by atoms with Gasteiger partial charge in [-0.3, -0.25) is 0 Å². The zero-order valence-corrected chi connectivity index (χ0v) is 19.7. The molecule has 168 valence electrons. The van der Waals surface area contributed by atoms with Gasteiger partial charge in [0, 0.05) is 25.7 Å². The molecule has 2 aliphatic rings. The summed E-state index contributed by atoms with van der Waals surface area (Å²) in [7, 11) is -3.44. The monoisotopic (exact) mass is 436 g/mol. The number of hydrogen-bond donors (Lipinski definition) is 1. The van der Waals surface area contributed by atoms with Gasteiger partial charge in [-0.05, 0) is 62.0 Å². The van der Waals surface area contributed by atoms with Crippen LogP contribution in [0.3, 0.4) is 0 Å². The molecule has 0 radical (unpaired) electrons. The van der Waals surface area contributed by atoms with Crippen LogP contribution in [-0.4, -0.2) is 59.7 Å². The van der Waals surface area contributed by atoms with Crippen LogP contribution < -0.4 is 0 Å². The van der Waals surface area contributed by atoms with Crippen LogP contribution in [0.1, 0.15) is 69.1 Å². The van der Waals surface area contributed by atoms with Crippen molar-refractivity contribution in [3.63, 3.8) is 0 Å². The molecule has 2 fully saturated rings. The first-order chi connectivity index (χ1) is 13.9. The molecule has 2 aliphatic heterocycles. The highest BCUT2D eigenvalue weighted by molar-refractivity contribution is 7.89. The van der Waals surface area contributed by atoms with Gasteiger partial charge in [-0.25, -0.2) is 17.5 Å². The smallest absolute Gasteiger partial charge is 0.407 e. The van der Waals surface area contributed by atoms with Crippen molar-refractivity contribution in [2.45, 2.75) is 77.5 Å². The fourth-order valence-corrected chi connectivity index (χ4v) is 7.14. The molecule has 6 nitrogen and oxygen atoms in total. The van der Waals surface area contributed by atoms with E-state index in [0.717, 1.165) is 12.8 Å². The van der Waals surface area contributed by atoms with Gasteiger partial charge < -0.3 is 10.0 Å². The van der Waals surface area contributed by atoms with E-state index in [1.165, 1.54) is 21.6 Å². The molecule has 0 aliphatic carbocycles. The minimum atomic E-state index is -3.44. The first kappa shape index (κ1) is 23.1. The van der Waals surface area contributed by atoms with Crippen molar-refractivity contribution in [3.05, 3.63) is 34.9 Å². The van der Waals surface area contributed by atoms with E-state index in [1.807, 2.05) is 20.8 Å². The molecule has 2 unspecified atom stereocenters. The van der Waals surface area contributed by atoms with Crippen molar-refractivity contribution in [1.82, 2.24) is 9.21 Å². The molecule has 0 saturated carbocycles. The van der Waals surface area contributed by atoms with Crippen LogP contribution in [0.4, 0.5) is 4.79 Å². The van der Waals surface area contributed by atoms with Crippen LogP contribution >= 0.6 is 0 Å². The highest BCUT2D eigenvalue weighted by Gasteiger charge is 2.44. The molecule has 2 atom stereocenters. The summed E-state index contributed by atoms with van der Waals surface area (Å²) in [6.45, 7) is 11.5. The number of likely N-dealkylation sites (tertiary alicyclic amines) is 1. The summed E-state index contributed by atoms with van der Waals surface area (Å²) in [4.78, 5) is 13.1. The highest BCUT2D eigenvalue weighted by Crippen LogP contribution is 2.37. The number of amides is 1. The van der Waals surface area contributed by atoms with E-state index in [-0.39, 0.29) is 18.0 Å². The Bertz CT molecular complexity index is 883. The zero-order valence-electron chi connectivity index (χ0n) is 18.9. The molecule has 1 amide bonds. The topological polar surface area (TPSA) is 77.9 Å². The predicted octanol–water partition coefficient (Wildman–Crippen LogP) is 4.37. The van der Waals surface area contributed by atoms with Gasteiger partial charge in [0.15, 0.2) is 0 Å². The standard InChI is InChI=1S/C23H36N2O4S/c1-16-6-7-20(17(2)14-16)18-8-11-24(12-9-18)30(28,29)19-10-13-25(22(26)27)21(15-19)23(3,4)5/h6-7,14,18-19,21H,8-13,15H2,1-5H3,(H,26,27). The summed E-state index contributed by atoms with van der Waals surface area (Å²) < 4.78 is 28.5. The average Bonchev–Trinajstić information content (AvgIpc) is 2.67. The van der Waals surface area contributed by atoms with Gasteiger partial charge in [-0.2, -0.15) is 0 Å². The Kier molecular flexibility index (Phi) is 6.54. The third-order valence-corrected chi connectivity index (χ3v) is 9.26. The van der Waals surface area contributed by atoms with E-state index in [1.54, 1.807) is 4.31 Å². The van der Waals surface area contributed by atoms with E-state index in [4.69, 9.17) is 0 Å². The fourth-order valence-electron chi connectivity index (χ4n) is 5.17. The fraction of sp³-hybridized carbons (Fsp3) is 0.696. The van der Waals surface area contributed by atoms with E-state index in [9.17, 15) is 18.3 Å². The number of aryl methyl sites for hydroxylation is 2. The van der Waals surface area contributed by atoms with E-state index < -0.39 is 21.4 Å². The Morgan fingerprint density at radius 2 is 1.70 bits per heavy atom. The van der Waals surface area contributed by atoms with Gasteiger partial charge >= 0.3 is 6.09 Å². The van der Waals surface area contributed by atoms with Crippen molar-refractivity contribution < 1.29 is 18.3 Å². The van der Waals surface area contributed by atoms with Crippen LogP contribution in [0.25, 0.3) is 0 Å². The van der Waals surface area contributed by atoms with Crippen LogP contribution in [0.2, 0.25) is 0 Å². The Morgan fingerprint density at radius 3 is 2.23 bits per heavy atom. The molecular formula is C23H36N2O4S. The molecule has 30 heavy (non-hydrogen) atoms. The van der Waals surface area contributed by atoms with Crippen molar-refractivity contribution in [2.24, 2.45) is 5.41 Å².